The molecule has 0 aliphatic carbocycles. The van der Waals surface area contributed by atoms with Crippen LogP contribution in [0.5, 0.6) is 0 Å². The van der Waals surface area contributed by atoms with Crippen molar-refractivity contribution in [2.75, 3.05) is 20.8 Å². The van der Waals surface area contributed by atoms with E-state index < -0.39 is 0 Å². The first-order chi connectivity index (χ1) is 3.31. The van der Waals surface area contributed by atoms with Crippen LogP contribution in [0.15, 0.2) is 0 Å². The predicted octanol–water partition coefficient (Wildman–Crippen LogP) is 1.02. The Kier molecular flexibility index (Phi) is 4.04. The summed E-state index contributed by atoms with van der Waals surface area (Å²) in [5, 5.41) is 3.95. The number of nitrogens with zero attached hydrogens (tertiary/aromatic N) is 1. The van der Waals surface area contributed by atoms with Crippen LogP contribution in [-0.2, 0) is 4.74 Å². The Morgan fingerprint density at radius 3 is 2.43 bits per heavy atom. The second-order valence-corrected chi connectivity index (χ2v) is 1.56. The molecule has 7 heavy (non-hydrogen) atoms. The van der Waals surface area contributed by atoms with E-state index in [2.05, 4.69) is 5.32 Å². The van der Waals surface area contributed by atoms with Crippen molar-refractivity contribution in [3.63, 3.8) is 0 Å². The lowest BCUT2D eigenvalue weighted by molar-refractivity contribution is 0.192. The Bertz CT molecular complexity index is 39.1. The van der Waals surface area contributed by atoms with Crippen molar-refractivity contribution >= 4 is 0 Å². The second kappa shape index (κ2) is 4.09. The Morgan fingerprint density at radius 1 is 1.71 bits per heavy atom. The zero-order chi connectivity index (χ0) is 5.70. The highest BCUT2D eigenvalue weighted by Gasteiger charge is 1.80. The SMILES string of the molecule is C[N-]C(C)COC. The first-order valence-electron chi connectivity index (χ1n) is 2.39. The Hall–Kier alpha value is -0.0800. The van der Waals surface area contributed by atoms with Gasteiger partial charge in [-0.25, -0.2) is 0 Å². The molecule has 0 bridgehead atoms. The van der Waals surface area contributed by atoms with Crippen molar-refractivity contribution in [1.82, 2.24) is 0 Å². The van der Waals surface area contributed by atoms with Crippen molar-refractivity contribution in [3.05, 3.63) is 5.32 Å². The van der Waals surface area contributed by atoms with Gasteiger partial charge in [-0.05, 0) is 0 Å². The van der Waals surface area contributed by atoms with Crippen molar-refractivity contribution in [3.8, 4) is 0 Å². The molecule has 0 rings (SSSR count). The van der Waals surface area contributed by atoms with Gasteiger partial charge in [-0.15, -0.1) is 6.04 Å². The minimum Gasteiger partial charge on any atom is -0.661 e. The molecule has 2 nitrogen and oxygen atoms in total. The largest absolute Gasteiger partial charge is 0.661 e. The maximum Gasteiger partial charge on any atom is 0.0354 e. The maximum atomic E-state index is 4.80. The van der Waals surface area contributed by atoms with Crippen molar-refractivity contribution in [2.45, 2.75) is 13.0 Å². The summed E-state index contributed by atoms with van der Waals surface area (Å²) in [4.78, 5) is 0. The van der Waals surface area contributed by atoms with Gasteiger partial charge in [0.2, 0.25) is 0 Å². The third-order valence-electron chi connectivity index (χ3n) is 0.849. The van der Waals surface area contributed by atoms with Gasteiger partial charge < -0.3 is 10.1 Å². The Labute approximate surface area is 44.9 Å². The van der Waals surface area contributed by atoms with Gasteiger partial charge in [0, 0.05) is 13.7 Å². The zero-order valence-corrected chi connectivity index (χ0v) is 5.14. The molecule has 0 saturated carbocycles. The van der Waals surface area contributed by atoms with E-state index in [0.29, 0.717) is 6.04 Å². The first kappa shape index (κ1) is 6.92. The normalized spacial score (nSPS) is 14.1. The lowest BCUT2D eigenvalue weighted by Gasteiger charge is -2.20. The van der Waals surface area contributed by atoms with Gasteiger partial charge >= 0.3 is 0 Å². The number of likely N-dealkylation sites (N-methyl/N-ethyl adjacent to an activating group) is 1. The number of methoxy groups -OCH3 is 1. The summed E-state index contributed by atoms with van der Waals surface area (Å²) < 4.78 is 4.80. The van der Waals surface area contributed by atoms with E-state index >= 15 is 0 Å². The van der Waals surface area contributed by atoms with Crippen LogP contribution >= 0.6 is 0 Å². The fourth-order valence-corrected chi connectivity index (χ4v) is 0.316. The molecule has 1 unspecified atom stereocenters. The highest BCUT2D eigenvalue weighted by Crippen LogP contribution is 1.92. The summed E-state index contributed by atoms with van der Waals surface area (Å²) in [5.74, 6) is 0. The van der Waals surface area contributed by atoms with E-state index in [-0.39, 0.29) is 0 Å². The van der Waals surface area contributed by atoms with Gasteiger partial charge in [-0.2, -0.15) is 7.05 Å². The number of hydrogen-bond acceptors (Lipinski definition) is 1. The molecular weight excluding hydrogens is 90.1 g/mol. The van der Waals surface area contributed by atoms with Gasteiger partial charge in [0.1, 0.15) is 0 Å². The molecule has 0 spiro atoms. The summed E-state index contributed by atoms with van der Waals surface area (Å²) in [6, 6.07) is 0.352. The molecule has 0 heterocycles. The molecule has 0 N–H and O–H groups in total. The number of hydrogen-bond donors (Lipinski definition) is 0. The molecule has 0 aliphatic rings. The molecule has 1 atom stereocenters. The van der Waals surface area contributed by atoms with Crippen LogP contribution in [0.1, 0.15) is 6.92 Å². The summed E-state index contributed by atoms with van der Waals surface area (Å²) >= 11 is 0. The van der Waals surface area contributed by atoms with Crippen molar-refractivity contribution in [2.24, 2.45) is 0 Å². The van der Waals surface area contributed by atoms with Gasteiger partial charge in [0.05, 0.1) is 0 Å². The van der Waals surface area contributed by atoms with E-state index in [4.69, 9.17) is 4.74 Å². The van der Waals surface area contributed by atoms with Crippen LogP contribution in [0.4, 0.5) is 0 Å². The van der Waals surface area contributed by atoms with Crippen LogP contribution in [0.3, 0.4) is 0 Å². The standard InChI is InChI=1S/C5H12NO/c1-5(6-2)4-7-3/h5H,4H2,1-3H3/q-1. The molecule has 44 valence electrons. The van der Waals surface area contributed by atoms with Gasteiger partial charge in [-0.3, -0.25) is 0 Å². The lowest BCUT2D eigenvalue weighted by atomic mass is 10.4. The maximum absolute atomic E-state index is 4.80. The third kappa shape index (κ3) is 3.76. The van der Waals surface area contributed by atoms with Crippen molar-refractivity contribution < 1.29 is 4.74 Å². The fourth-order valence-electron chi connectivity index (χ4n) is 0.316. The van der Waals surface area contributed by atoms with E-state index in [9.17, 15) is 0 Å². The Balaban J connectivity index is 2.83. The average Bonchev–Trinajstić information content (AvgIpc) is 1.68. The molecule has 0 amide bonds. The van der Waals surface area contributed by atoms with Crippen molar-refractivity contribution in [1.29, 1.82) is 0 Å². The van der Waals surface area contributed by atoms with Crippen LogP contribution in [-0.4, -0.2) is 26.8 Å². The predicted molar refractivity (Wildman–Crippen MR) is 30.6 cm³/mol. The minimum absolute atomic E-state index is 0.352. The van der Waals surface area contributed by atoms with E-state index in [1.807, 2.05) is 6.92 Å². The molecule has 0 aromatic carbocycles. The van der Waals surface area contributed by atoms with Crippen LogP contribution in [0.25, 0.3) is 5.32 Å². The fraction of sp³-hybridized carbons (Fsp3) is 1.00. The summed E-state index contributed by atoms with van der Waals surface area (Å²) in [6.07, 6.45) is 0. The smallest absolute Gasteiger partial charge is 0.0354 e. The quantitative estimate of drug-likeness (QED) is 0.522. The molecule has 0 fully saturated rings. The molecule has 0 saturated heterocycles. The number of rotatable bonds is 3. The highest BCUT2D eigenvalue weighted by atomic mass is 16.5. The Morgan fingerprint density at radius 2 is 2.29 bits per heavy atom. The van der Waals surface area contributed by atoms with Crippen LogP contribution < -0.4 is 0 Å². The van der Waals surface area contributed by atoms with E-state index in [1.54, 1.807) is 14.2 Å². The minimum atomic E-state index is 0.352. The van der Waals surface area contributed by atoms with Gasteiger partial charge in [0.15, 0.2) is 0 Å². The van der Waals surface area contributed by atoms with Crippen LogP contribution in [0, 0.1) is 0 Å². The van der Waals surface area contributed by atoms with E-state index in [1.165, 1.54) is 0 Å². The molecular formula is C5H12NO-. The second-order valence-electron chi connectivity index (χ2n) is 1.56. The summed E-state index contributed by atoms with van der Waals surface area (Å²) in [6.45, 7) is 2.75. The molecule has 0 aliphatic heterocycles. The zero-order valence-electron chi connectivity index (χ0n) is 5.14. The third-order valence-corrected chi connectivity index (χ3v) is 0.849. The van der Waals surface area contributed by atoms with Gasteiger partial charge in [0.25, 0.3) is 0 Å². The van der Waals surface area contributed by atoms with Crippen LogP contribution in [0.2, 0.25) is 0 Å². The lowest BCUT2D eigenvalue weighted by Crippen LogP contribution is -2.06. The van der Waals surface area contributed by atoms with Gasteiger partial charge in [-0.1, -0.05) is 6.92 Å². The molecule has 2 heteroatoms. The summed E-state index contributed by atoms with van der Waals surface area (Å²) in [5.41, 5.74) is 0. The topological polar surface area (TPSA) is 23.3 Å². The highest BCUT2D eigenvalue weighted by molar-refractivity contribution is 4.80. The molecule has 0 radical (unpaired) electrons. The average molecular weight is 102 g/mol. The number of ether oxygens (including phenoxy) is 1. The molecule has 0 aromatic rings. The molecule has 0 aromatic heterocycles. The summed E-state index contributed by atoms with van der Waals surface area (Å²) in [7, 11) is 3.48. The first-order valence-corrected chi connectivity index (χ1v) is 2.39. The monoisotopic (exact) mass is 102 g/mol. The van der Waals surface area contributed by atoms with E-state index in [0.717, 1.165) is 6.61 Å².